The third kappa shape index (κ3) is 5.40. The molecule has 196 valence electrons. The number of amides is 2. The summed E-state index contributed by atoms with van der Waals surface area (Å²) in [5.41, 5.74) is 0.703. The molecule has 2 heterocycles. The number of benzene rings is 1. The van der Waals surface area contributed by atoms with Crippen LogP contribution in [0.3, 0.4) is 0 Å². The number of nitrogens with zero attached hydrogens (tertiary/aromatic N) is 1. The summed E-state index contributed by atoms with van der Waals surface area (Å²) in [6.07, 6.45) is -3.32. The summed E-state index contributed by atoms with van der Waals surface area (Å²) in [7, 11) is 4.47. The van der Waals surface area contributed by atoms with Crippen molar-refractivity contribution >= 4 is 12.0 Å². The molecule has 1 aromatic carbocycles. The van der Waals surface area contributed by atoms with Crippen molar-refractivity contribution in [2.24, 2.45) is 11.8 Å². The highest BCUT2D eigenvalue weighted by molar-refractivity contribution is 5.96. The van der Waals surface area contributed by atoms with Gasteiger partial charge in [-0.3, -0.25) is 4.79 Å². The Kier molecular flexibility index (Phi) is 8.63. The highest BCUT2D eigenvalue weighted by Gasteiger charge is 2.56. The third-order valence-corrected chi connectivity index (χ3v) is 6.97. The minimum atomic E-state index is -1.61. The molecule has 2 aliphatic rings. The predicted molar refractivity (Wildman–Crippen MR) is 125 cm³/mol. The Balaban J connectivity index is 1.97. The molecule has 0 aliphatic carbocycles. The molecule has 0 aromatic heterocycles. The van der Waals surface area contributed by atoms with Crippen LogP contribution in [0.15, 0.2) is 18.2 Å². The van der Waals surface area contributed by atoms with E-state index in [0.717, 1.165) is 4.90 Å². The Morgan fingerprint density at radius 2 is 1.89 bits per heavy atom. The van der Waals surface area contributed by atoms with Crippen LogP contribution in [0.2, 0.25) is 0 Å². The molecular weight excluding hydrogens is 458 g/mol. The van der Waals surface area contributed by atoms with Gasteiger partial charge in [0.15, 0.2) is 17.6 Å². The standard InChI is InChI=1S/C25H37NO9/c1-14(2)18-13-34-24(29)26(18)23(28)22(25(32-7)11-19(27)15(3)16(4)35-25)33-12-17-8-9-20(30-5)21(10-17)31-6/h8-10,14-16,18-19,22,27H,11-13H2,1-7H3/t15-,16+,18+,19+,22+,25+/m0/s1. The van der Waals surface area contributed by atoms with Crippen LogP contribution >= 0.6 is 0 Å². The number of rotatable bonds is 9. The Bertz CT molecular complexity index is 893. The Morgan fingerprint density at radius 3 is 2.46 bits per heavy atom. The van der Waals surface area contributed by atoms with E-state index in [-0.39, 0.29) is 31.5 Å². The number of aliphatic hydroxyl groups excluding tert-OH is 1. The number of cyclic esters (lactones) is 1. The largest absolute Gasteiger partial charge is 0.493 e. The first kappa shape index (κ1) is 27.2. The first-order chi connectivity index (χ1) is 16.6. The number of hydrogen-bond acceptors (Lipinski definition) is 9. The van der Waals surface area contributed by atoms with E-state index < -0.39 is 42.1 Å². The van der Waals surface area contributed by atoms with E-state index in [4.69, 9.17) is 28.4 Å². The van der Waals surface area contributed by atoms with Crippen LogP contribution in [0.4, 0.5) is 4.79 Å². The van der Waals surface area contributed by atoms with Crippen molar-refractivity contribution in [3.05, 3.63) is 23.8 Å². The van der Waals surface area contributed by atoms with Crippen molar-refractivity contribution < 1.29 is 43.1 Å². The molecular formula is C25H37NO9. The van der Waals surface area contributed by atoms with E-state index >= 15 is 0 Å². The van der Waals surface area contributed by atoms with Crippen LogP contribution in [0.5, 0.6) is 11.5 Å². The molecule has 0 saturated carbocycles. The molecule has 0 unspecified atom stereocenters. The van der Waals surface area contributed by atoms with Crippen molar-refractivity contribution in [2.45, 2.75) is 70.9 Å². The van der Waals surface area contributed by atoms with Crippen molar-refractivity contribution in [1.29, 1.82) is 0 Å². The molecule has 35 heavy (non-hydrogen) atoms. The first-order valence-corrected chi connectivity index (χ1v) is 11.8. The predicted octanol–water partition coefficient (Wildman–Crippen LogP) is 2.74. The molecule has 0 radical (unpaired) electrons. The lowest BCUT2D eigenvalue weighted by Gasteiger charge is -2.47. The monoisotopic (exact) mass is 495 g/mol. The average Bonchev–Trinajstić information content (AvgIpc) is 3.23. The van der Waals surface area contributed by atoms with Gasteiger partial charge in [0.1, 0.15) is 6.61 Å². The highest BCUT2D eigenvalue weighted by Crippen LogP contribution is 2.39. The molecule has 0 bridgehead atoms. The zero-order valence-corrected chi connectivity index (χ0v) is 21.5. The molecule has 2 amide bonds. The quantitative estimate of drug-likeness (QED) is 0.552. The molecule has 0 spiro atoms. The van der Waals surface area contributed by atoms with Gasteiger partial charge in [0.25, 0.3) is 5.91 Å². The fourth-order valence-corrected chi connectivity index (χ4v) is 4.51. The van der Waals surface area contributed by atoms with Gasteiger partial charge in [0.05, 0.1) is 39.1 Å². The number of methoxy groups -OCH3 is 3. The second-order valence-electron chi connectivity index (χ2n) is 9.45. The second kappa shape index (κ2) is 11.1. The van der Waals surface area contributed by atoms with Crippen LogP contribution in [0, 0.1) is 11.8 Å². The molecule has 2 saturated heterocycles. The summed E-state index contributed by atoms with van der Waals surface area (Å²) in [6.45, 7) is 7.56. The first-order valence-electron chi connectivity index (χ1n) is 11.8. The fourth-order valence-electron chi connectivity index (χ4n) is 4.51. The molecule has 2 aliphatic heterocycles. The maximum absolute atomic E-state index is 13.9. The van der Waals surface area contributed by atoms with Gasteiger partial charge in [-0.2, -0.15) is 0 Å². The summed E-state index contributed by atoms with van der Waals surface area (Å²) in [5, 5.41) is 10.8. The third-order valence-electron chi connectivity index (χ3n) is 6.97. The Morgan fingerprint density at radius 1 is 1.20 bits per heavy atom. The van der Waals surface area contributed by atoms with Crippen LogP contribution in [0.25, 0.3) is 0 Å². The van der Waals surface area contributed by atoms with Crippen molar-refractivity contribution in [3.8, 4) is 11.5 Å². The normalized spacial score (nSPS) is 29.7. The lowest BCUT2D eigenvalue weighted by molar-refractivity contribution is -0.332. The number of imide groups is 1. The molecule has 10 nitrogen and oxygen atoms in total. The highest BCUT2D eigenvalue weighted by atomic mass is 16.7. The number of aliphatic hydroxyl groups is 1. The molecule has 2 fully saturated rings. The molecule has 1 N–H and O–H groups in total. The average molecular weight is 496 g/mol. The summed E-state index contributed by atoms with van der Waals surface area (Å²) in [5.74, 6) is -1.40. The smallest absolute Gasteiger partial charge is 0.417 e. The molecule has 1 aromatic rings. The minimum absolute atomic E-state index is 0.00736. The summed E-state index contributed by atoms with van der Waals surface area (Å²) < 4.78 is 34.0. The maximum Gasteiger partial charge on any atom is 0.417 e. The number of carbonyl (C=O) groups is 2. The number of hydrogen-bond donors (Lipinski definition) is 1. The van der Waals surface area contributed by atoms with Gasteiger partial charge in [-0.25, -0.2) is 9.69 Å². The lowest BCUT2D eigenvalue weighted by atomic mass is 9.86. The van der Waals surface area contributed by atoms with Gasteiger partial charge in [-0.1, -0.05) is 26.8 Å². The van der Waals surface area contributed by atoms with E-state index in [0.29, 0.717) is 17.1 Å². The van der Waals surface area contributed by atoms with E-state index in [2.05, 4.69) is 0 Å². The van der Waals surface area contributed by atoms with Crippen molar-refractivity contribution in [2.75, 3.05) is 27.9 Å². The minimum Gasteiger partial charge on any atom is -0.493 e. The van der Waals surface area contributed by atoms with Gasteiger partial charge in [-0.05, 0) is 30.5 Å². The second-order valence-corrected chi connectivity index (χ2v) is 9.45. The lowest BCUT2D eigenvalue weighted by Crippen LogP contribution is -2.63. The van der Waals surface area contributed by atoms with E-state index in [1.54, 1.807) is 32.2 Å². The molecule has 3 rings (SSSR count). The van der Waals surface area contributed by atoms with Crippen LogP contribution in [-0.4, -0.2) is 80.1 Å². The maximum atomic E-state index is 13.9. The molecule has 6 atom stereocenters. The summed E-state index contributed by atoms with van der Waals surface area (Å²) in [4.78, 5) is 27.6. The number of ether oxygens (including phenoxy) is 6. The fraction of sp³-hybridized carbons (Fsp3) is 0.680. The van der Waals surface area contributed by atoms with Crippen LogP contribution < -0.4 is 9.47 Å². The van der Waals surface area contributed by atoms with E-state index in [1.165, 1.54) is 14.2 Å². The summed E-state index contributed by atoms with van der Waals surface area (Å²) in [6, 6.07) is 4.80. The van der Waals surface area contributed by atoms with E-state index in [9.17, 15) is 14.7 Å². The number of carbonyl (C=O) groups excluding carboxylic acids is 2. The van der Waals surface area contributed by atoms with Crippen LogP contribution in [0.1, 0.15) is 39.7 Å². The SMILES string of the molecule is COc1ccc(CO[C@H](C(=O)N2C(=O)OC[C@@H]2C(C)C)[C@@]2(OC)C[C@@H](O)[C@@H](C)[C@@H](C)O2)cc1OC. The van der Waals surface area contributed by atoms with Crippen molar-refractivity contribution in [3.63, 3.8) is 0 Å². The van der Waals surface area contributed by atoms with Gasteiger partial charge >= 0.3 is 6.09 Å². The van der Waals surface area contributed by atoms with E-state index in [1.807, 2.05) is 20.8 Å². The topological polar surface area (TPSA) is 113 Å². The van der Waals surface area contributed by atoms with Gasteiger partial charge < -0.3 is 33.5 Å². The Hall–Kier alpha value is -2.40. The van der Waals surface area contributed by atoms with Gasteiger partial charge in [0.2, 0.25) is 5.79 Å². The van der Waals surface area contributed by atoms with Crippen LogP contribution in [-0.2, 0) is 30.3 Å². The Labute approximate surface area is 206 Å². The summed E-state index contributed by atoms with van der Waals surface area (Å²) >= 11 is 0. The zero-order valence-electron chi connectivity index (χ0n) is 21.5. The molecule has 10 heteroatoms. The van der Waals surface area contributed by atoms with Gasteiger partial charge in [0, 0.05) is 19.4 Å². The van der Waals surface area contributed by atoms with Gasteiger partial charge in [-0.15, -0.1) is 0 Å². The zero-order chi connectivity index (χ0) is 25.9. The van der Waals surface area contributed by atoms with Crippen molar-refractivity contribution in [1.82, 2.24) is 4.90 Å².